The number of amides is 1. The molecule has 1 aromatic heterocycles. The van der Waals surface area contributed by atoms with Gasteiger partial charge in [-0.25, -0.2) is 4.98 Å². The fourth-order valence-electron chi connectivity index (χ4n) is 2.01. The number of likely N-dealkylation sites (tertiary alicyclic amines) is 1. The normalized spacial score (nSPS) is 19.7. The lowest BCUT2D eigenvalue weighted by Gasteiger charge is -2.35. The molecule has 6 heteroatoms. The van der Waals surface area contributed by atoms with Crippen LogP contribution in [0.3, 0.4) is 0 Å². The van der Waals surface area contributed by atoms with Crippen molar-refractivity contribution in [2.75, 3.05) is 18.4 Å². The number of piperidine rings is 1. The fourth-order valence-corrected chi connectivity index (χ4v) is 2.76. The van der Waals surface area contributed by atoms with E-state index in [-0.39, 0.29) is 5.91 Å². The van der Waals surface area contributed by atoms with Gasteiger partial charge >= 0.3 is 0 Å². The average molecular weight is 269 g/mol. The van der Waals surface area contributed by atoms with E-state index in [1.165, 1.54) is 18.3 Å². The van der Waals surface area contributed by atoms with Crippen LogP contribution < -0.4 is 5.32 Å². The predicted octanol–water partition coefficient (Wildman–Crippen LogP) is 1.45. The maximum atomic E-state index is 10.9. The molecule has 1 aliphatic heterocycles. The van der Waals surface area contributed by atoms with Crippen molar-refractivity contribution < 1.29 is 9.90 Å². The zero-order chi connectivity index (χ0) is 13.2. The van der Waals surface area contributed by atoms with Crippen LogP contribution >= 0.6 is 11.3 Å². The highest BCUT2D eigenvalue weighted by atomic mass is 32.1. The van der Waals surface area contributed by atoms with Crippen molar-refractivity contribution in [1.29, 1.82) is 0 Å². The summed E-state index contributed by atoms with van der Waals surface area (Å²) in [5.74, 6) is -0.0927. The van der Waals surface area contributed by atoms with E-state index in [0.717, 1.165) is 38.2 Å². The largest absolute Gasteiger partial charge is 0.390 e. The molecule has 1 fully saturated rings. The SMILES string of the molecule is CC(=O)Nc1nc(CN2CCC(C)(O)CC2)cs1. The quantitative estimate of drug-likeness (QED) is 0.871. The molecule has 100 valence electrons. The first kappa shape index (κ1) is 13.5. The van der Waals surface area contributed by atoms with Gasteiger partial charge in [-0.3, -0.25) is 9.69 Å². The molecule has 0 saturated carbocycles. The summed E-state index contributed by atoms with van der Waals surface area (Å²) >= 11 is 1.45. The molecule has 5 nitrogen and oxygen atoms in total. The molecule has 0 aliphatic carbocycles. The Bertz CT molecular complexity index is 421. The lowest BCUT2D eigenvalue weighted by atomic mass is 9.94. The van der Waals surface area contributed by atoms with Crippen LogP contribution in [0.2, 0.25) is 0 Å². The smallest absolute Gasteiger partial charge is 0.223 e. The van der Waals surface area contributed by atoms with Gasteiger partial charge in [0.2, 0.25) is 5.91 Å². The summed E-state index contributed by atoms with van der Waals surface area (Å²) < 4.78 is 0. The molecule has 0 unspecified atom stereocenters. The van der Waals surface area contributed by atoms with Crippen LogP contribution in [0.15, 0.2) is 5.38 Å². The third-order valence-corrected chi connectivity index (χ3v) is 3.96. The topological polar surface area (TPSA) is 65.5 Å². The average Bonchev–Trinajstić information content (AvgIpc) is 2.68. The zero-order valence-corrected chi connectivity index (χ0v) is 11.6. The van der Waals surface area contributed by atoms with Gasteiger partial charge in [-0.15, -0.1) is 11.3 Å². The number of aliphatic hydroxyl groups is 1. The van der Waals surface area contributed by atoms with Crippen LogP contribution in [0.4, 0.5) is 5.13 Å². The lowest BCUT2D eigenvalue weighted by molar-refractivity contribution is -0.114. The van der Waals surface area contributed by atoms with Crippen molar-refractivity contribution >= 4 is 22.4 Å². The minimum absolute atomic E-state index is 0.0927. The van der Waals surface area contributed by atoms with E-state index in [9.17, 15) is 9.90 Å². The molecule has 2 rings (SSSR count). The highest BCUT2D eigenvalue weighted by Crippen LogP contribution is 2.23. The van der Waals surface area contributed by atoms with Crippen molar-refractivity contribution in [2.45, 2.75) is 38.8 Å². The fraction of sp³-hybridized carbons (Fsp3) is 0.667. The van der Waals surface area contributed by atoms with Gasteiger partial charge in [-0.2, -0.15) is 0 Å². The van der Waals surface area contributed by atoms with E-state index in [1.54, 1.807) is 0 Å². The number of aromatic nitrogens is 1. The first-order valence-corrected chi connectivity index (χ1v) is 6.99. The monoisotopic (exact) mass is 269 g/mol. The molecule has 2 heterocycles. The minimum atomic E-state index is -0.514. The molecule has 1 saturated heterocycles. The highest BCUT2D eigenvalue weighted by Gasteiger charge is 2.27. The van der Waals surface area contributed by atoms with Crippen LogP contribution in [0.25, 0.3) is 0 Å². The first-order chi connectivity index (χ1) is 8.44. The van der Waals surface area contributed by atoms with Gasteiger partial charge in [-0.05, 0) is 19.8 Å². The van der Waals surface area contributed by atoms with Gasteiger partial charge < -0.3 is 10.4 Å². The number of hydrogen-bond donors (Lipinski definition) is 2. The second-order valence-electron chi connectivity index (χ2n) is 5.10. The predicted molar refractivity (Wildman–Crippen MR) is 71.6 cm³/mol. The summed E-state index contributed by atoms with van der Waals surface area (Å²) in [5.41, 5.74) is 0.463. The number of hydrogen-bond acceptors (Lipinski definition) is 5. The molecule has 1 aromatic rings. The van der Waals surface area contributed by atoms with E-state index in [0.29, 0.717) is 5.13 Å². The van der Waals surface area contributed by atoms with Gasteiger partial charge in [0.25, 0.3) is 0 Å². The number of nitrogens with zero attached hydrogens (tertiary/aromatic N) is 2. The molecule has 1 aliphatic rings. The van der Waals surface area contributed by atoms with Crippen LogP contribution in [0.5, 0.6) is 0 Å². The van der Waals surface area contributed by atoms with Crippen LogP contribution in [-0.2, 0) is 11.3 Å². The maximum Gasteiger partial charge on any atom is 0.223 e. The summed E-state index contributed by atoms with van der Waals surface area (Å²) in [6.07, 6.45) is 1.60. The summed E-state index contributed by atoms with van der Waals surface area (Å²) in [4.78, 5) is 17.5. The third-order valence-electron chi connectivity index (χ3n) is 3.15. The molecular weight excluding hydrogens is 250 g/mol. The van der Waals surface area contributed by atoms with Gasteiger partial charge in [-0.1, -0.05) is 0 Å². The second kappa shape index (κ2) is 5.34. The maximum absolute atomic E-state index is 10.9. The number of thiazole rings is 1. The van der Waals surface area contributed by atoms with Gasteiger partial charge in [0.1, 0.15) is 0 Å². The Kier molecular flexibility index (Phi) is 3.99. The Labute approximate surface area is 111 Å². The van der Waals surface area contributed by atoms with Crippen molar-refractivity contribution in [3.8, 4) is 0 Å². The number of rotatable bonds is 3. The van der Waals surface area contributed by atoms with E-state index in [2.05, 4.69) is 15.2 Å². The van der Waals surface area contributed by atoms with Gasteiger partial charge in [0.15, 0.2) is 5.13 Å². The molecule has 2 N–H and O–H groups in total. The minimum Gasteiger partial charge on any atom is -0.390 e. The van der Waals surface area contributed by atoms with Gasteiger partial charge in [0.05, 0.1) is 11.3 Å². The van der Waals surface area contributed by atoms with Crippen LogP contribution in [0.1, 0.15) is 32.4 Å². The Morgan fingerprint density at radius 1 is 1.61 bits per heavy atom. The second-order valence-corrected chi connectivity index (χ2v) is 5.96. The summed E-state index contributed by atoms with van der Waals surface area (Å²) in [5, 5.41) is 15.2. The van der Waals surface area contributed by atoms with E-state index in [1.807, 2.05) is 12.3 Å². The number of nitrogens with one attached hydrogen (secondary N) is 1. The van der Waals surface area contributed by atoms with Gasteiger partial charge in [0, 0.05) is 31.9 Å². The third kappa shape index (κ3) is 3.76. The standard InChI is InChI=1S/C12H19N3O2S/c1-9(16)13-11-14-10(8-18-11)7-15-5-3-12(2,17)4-6-15/h8,17H,3-7H2,1-2H3,(H,13,14,16). The molecule has 0 radical (unpaired) electrons. The molecule has 0 bridgehead atoms. The van der Waals surface area contributed by atoms with E-state index >= 15 is 0 Å². The van der Waals surface area contributed by atoms with Crippen molar-refractivity contribution in [1.82, 2.24) is 9.88 Å². The molecule has 18 heavy (non-hydrogen) atoms. The summed E-state index contributed by atoms with van der Waals surface area (Å²) in [6.45, 7) is 5.93. The number of anilines is 1. The van der Waals surface area contributed by atoms with E-state index in [4.69, 9.17) is 0 Å². The Hall–Kier alpha value is -0.980. The van der Waals surface area contributed by atoms with Crippen molar-refractivity contribution in [3.05, 3.63) is 11.1 Å². The molecule has 0 spiro atoms. The van der Waals surface area contributed by atoms with Crippen LogP contribution in [-0.4, -0.2) is 39.6 Å². The van der Waals surface area contributed by atoms with E-state index < -0.39 is 5.60 Å². The summed E-state index contributed by atoms with van der Waals surface area (Å²) in [6, 6.07) is 0. The summed E-state index contributed by atoms with van der Waals surface area (Å²) in [7, 11) is 0. The Morgan fingerprint density at radius 2 is 2.28 bits per heavy atom. The van der Waals surface area contributed by atoms with Crippen molar-refractivity contribution in [2.24, 2.45) is 0 Å². The highest BCUT2D eigenvalue weighted by molar-refractivity contribution is 7.13. The number of carbonyl (C=O) groups is 1. The van der Waals surface area contributed by atoms with Crippen molar-refractivity contribution in [3.63, 3.8) is 0 Å². The lowest BCUT2D eigenvalue weighted by Crippen LogP contribution is -2.42. The molecule has 0 atom stereocenters. The number of carbonyl (C=O) groups excluding carboxylic acids is 1. The zero-order valence-electron chi connectivity index (χ0n) is 10.8. The Balaban J connectivity index is 1.86. The molecule has 0 aromatic carbocycles. The first-order valence-electron chi connectivity index (χ1n) is 6.11. The molecular formula is C12H19N3O2S. The molecule has 1 amide bonds. The van der Waals surface area contributed by atoms with Crippen LogP contribution in [0, 0.1) is 0 Å². The Morgan fingerprint density at radius 3 is 2.89 bits per heavy atom.